The van der Waals surface area contributed by atoms with Crippen molar-refractivity contribution in [1.82, 2.24) is 0 Å². The van der Waals surface area contributed by atoms with E-state index >= 15 is 0 Å². The van der Waals surface area contributed by atoms with Gasteiger partial charge in [0, 0.05) is 0 Å². The Kier molecular flexibility index (Phi) is 5.48. The van der Waals surface area contributed by atoms with Gasteiger partial charge in [0.1, 0.15) is 5.75 Å². The summed E-state index contributed by atoms with van der Waals surface area (Å²) in [5, 5.41) is 16.8. The predicted molar refractivity (Wildman–Crippen MR) is 51.4 cm³/mol. The van der Waals surface area contributed by atoms with Gasteiger partial charge in [0.15, 0.2) is 6.61 Å². The van der Waals surface area contributed by atoms with Crippen LogP contribution in [0.15, 0.2) is 24.3 Å². The zero-order valence-corrected chi connectivity index (χ0v) is 6.73. The number of hydrogen-bond donors (Lipinski definition) is 1. The SMILES string of the molecule is N#Cc1ccc(OCC(=O)O)cc1.[LiH]. The van der Waals surface area contributed by atoms with E-state index in [1.165, 1.54) is 0 Å². The number of nitriles is 1. The maximum atomic E-state index is 10.1. The summed E-state index contributed by atoms with van der Waals surface area (Å²) in [6.07, 6.45) is 0. The molecule has 68 valence electrons. The molecule has 5 heteroatoms. The van der Waals surface area contributed by atoms with Crippen LogP contribution < -0.4 is 4.74 Å². The molecular formula is C9H8LiNO3. The van der Waals surface area contributed by atoms with Gasteiger partial charge in [-0.3, -0.25) is 0 Å². The molecule has 4 nitrogen and oxygen atoms in total. The van der Waals surface area contributed by atoms with E-state index in [1.807, 2.05) is 6.07 Å². The molecule has 0 atom stereocenters. The van der Waals surface area contributed by atoms with E-state index in [2.05, 4.69) is 0 Å². The number of benzene rings is 1. The normalized spacial score (nSPS) is 8.21. The minimum absolute atomic E-state index is 0. The van der Waals surface area contributed by atoms with Gasteiger partial charge >= 0.3 is 24.8 Å². The standard InChI is InChI=1S/C9H7NO3.Li.H/c10-5-7-1-3-8(4-2-7)13-6-9(11)12;;/h1-4H,6H2,(H,11,12);;. The van der Waals surface area contributed by atoms with Crippen molar-refractivity contribution in [3.05, 3.63) is 29.8 Å². The third-order valence-electron chi connectivity index (χ3n) is 1.35. The Bertz CT molecular complexity index is 342. The first-order valence-corrected chi connectivity index (χ1v) is 3.57. The topological polar surface area (TPSA) is 70.3 Å². The molecule has 1 aromatic rings. The van der Waals surface area contributed by atoms with E-state index in [0.29, 0.717) is 11.3 Å². The quantitative estimate of drug-likeness (QED) is 0.690. The molecule has 0 bridgehead atoms. The average molecular weight is 185 g/mol. The Labute approximate surface area is 93.3 Å². The predicted octanol–water partition coefficient (Wildman–Crippen LogP) is 0.373. The summed E-state index contributed by atoms with van der Waals surface area (Å²) in [5.74, 6) is -0.578. The second-order valence-corrected chi connectivity index (χ2v) is 2.32. The van der Waals surface area contributed by atoms with Crippen molar-refractivity contribution in [1.29, 1.82) is 5.26 Å². The average Bonchev–Trinajstić information content (AvgIpc) is 2.15. The van der Waals surface area contributed by atoms with Crippen LogP contribution in [0.2, 0.25) is 0 Å². The molecule has 0 radical (unpaired) electrons. The fraction of sp³-hybridized carbons (Fsp3) is 0.111. The first-order valence-electron chi connectivity index (χ1n) is 3.57. The summed E-state index contributed by atoms with van der Waals surface area (Å²) in [4.78, 5) is 10.1. The zero-order valence-electron chi connectivity index (χ0n) is 6.73. The van der Waals surface area contributed by atoms with E-state index in [1.54, 1.807) is 24.3 Å². The van der Waals surface area contributed by atoms with Crippen LogP contribution in [0.4, 0.5) is 0 Å². The maximum absolute atomic E-state index is 10.1. The molecule has 0 spiro atoms. The van der Waals surface area contributed by atoms with Crippen LogP contribution in [-0.2, 0) is 4.79 Å². The number of aliphatic carboxylic acids is 1. The van der Waals surface area contributed by atoms with Gasteiger partial charge in [-0.1, -0.05) is 0 Å². The van der Waals surface area contributed by atoms with Crippen molar-refractivity contribution < 1.29 is 14.6 Å². The third-order valence-corrected chi connectivity index (χ3v) is 1.35. The molecule has 0 saturated carbocycles. The summed E-state index contributed by atoms with van der Waals surface area (Å²) >= 11 is 0. The molecule has 0 amide bonds. The van der Waals surface area contributed by atoms with Crippen molar-refractivity contribution >= 4 is 24.8 Å². The molecule has 0 aliphatic rings. The molecule has 0 aromatic heterocycles. The first kappa shape index (κ1) is 12.6. The second-order valence-electron chi connectivity index (χ2n) is 2.32. The van der Waals surface area contributed by atoms with Gasteiger partial charge < -0.3 is 9.84 Å². The number of nitrogens with zero attached hydrogens (tertiary/aromatic N) is 1. The Hall–Kier alpha value is -1.42. The minimum atomic E-state index is -1.02. The van der Waals surface area contributed by atoms with Gasteiger partial charge in [0.05, 0.1) is 11.6 Å². The molecule has 0 unspecified atom stereocenters. The molecule has 0 aliphatic carbocycles. The van der Waals surface area contributed by atoms with E-state index in [9.17, 15) is 4.79 Å². The molecule has 1 rings (SSSR count). The van der Waals surface area contributed by atoms with Crippen molar-refractivity contribution in [3.8, 4) is 11.8 Å². The van der Waals surface area contributed by atoms with Crippen molar-refractivity contribution in [2.24, 2.45) is 0 Å². The van der Waals surface area contributed by atoms with Crippen molar-refractivity contribution in [2.75, 3.05) is 6.61 Å². The van der Waals surface area contributed by atoms with Crippen molar-refractivity contribution in [3.63, 3.8) is 0 Å². The summed E-state index contributed by atoms with van der Waals surface area (Å²) in [6.45, 7) is -0.369. The summed E-state index contributed by atoms with van der Waals surface area (Å²) in [6, 6.07) is 8.19. The number of hydrogen-bond acceptors (Lipinski definition) is 3. The number of rotatable bonds is 3. The van der Waals surface area contributed by atoms with Crippen LogP contribution in [0, 0.1) is 11.3 Å². The van der Waals surface area contributed by atoms with Gasteiger partial charge in [-0.25, -0.2) is 4.79 Å². The Balaban J connectivity index is 0.00000169. The Morgan fingerprint density at radius 2 is 2.00 bits per heavy atom. The van der Waals surface area contributed by atoms with E-state index in [4.69, 9.17) is 15.1 Å². The fourth-order valence-corrected chi connectivity index (χ4v) is 0.771. The van der Waals surface area contributed by atoms with Crippen LogP contribution in [-0.4, -0.2) is 36.5 Å². The third kappa shape index (κ3) is 4.00. The molecule has 0 saturated heterocycles. The van der Waals surface area contributed by atoms with Crippen LogP contribution in [0.1, 0.15) is 5.56 Å². The zero-order chi connectivity index (χ0) is 9.68. The molecular weight excluding hydrogens is 177 g/mol. The molecule has 0 aliphatic heterocycles. The van der Waals surface area contributed by atoms with E-state index in [0.717, 1.165) is 0 Å². The van der Waals surface area contributed by atoms with E-state index in [-0.39, 0.29) is 25.5 Å². The number of carboxylic acid groups (broad SMARTS) is 1. The van der Waals surface area contributed by atoms with Crippen LogP contribution in [0.5, 0.6) is 5.75 Å². The summed E-state index contributed by atoms with van der Waals surface area (Å²) < 4.78 is 4.86. The van der Waals surface area contributed by atoms with Gasteiger partial charge in [-0.05, 0) is 24.3 Å². The second kappa shape index (κ2) is 6.10. The number of ether oxygens (including phenoxy) is 1. The van der Waals surface area contributed by atoms with Crippen LogP contribution in [0.3, 0.4) is 0 Å². The number of carbonyl (C=O) groups is 1. The molecule has 14 heavy (non-hydrogen) atoms. The number of carboxylic acids is 1. The Morgan fingerprint density at radius 1 is 1.43 bits per heavy atom. The first-order chi connectivity index (χ1) is 6.22. The molecule has 1 N–H and O–H groups in total. The van der Waals surface area contributed by atoms with Crippen LogP contribution in [0.25, 0.3) is 0 Å². The van der Waals surface area contributed by atoms with Gasteiger partial charge in [-0.15, -0.1) is 0 Å². The van der Waals surface area contributed by atoms with Gasteiger partial charge in [0.2, 0.25) is 0 Å². The summed E-state index contributed by atoms with van der Waals surface area (Å²) in [7, 11) is 0. The molecule has 0 heterocycles. The van der Waals surface area contributed by atoms with Crippen LogP contribution >= 0.6 is 0 Å². The van der Waals surface area contributed by atoms with Crippen molar-refractivity contribution in [2.45, 2.75) is 0 Å². The molecule has 1 aromatic carbocycles. The van der Waals surface area contributed by atoms with Gasteiger partial charge in [-0.2, -0.15) is 5.26 Å². The van der Waals surface area contributed by atoms with Gasteiger partial charge in [0.25, 0.3) is 0 Å². The fourth-order valence-electron chi connectivity index (χ4n) is 0.771. The monoisotopic (exact) mass is 185 g/mol. The Morgan fingerprint density at radius 3 is 2.43 bits per heavy atom. The van der Waals surface area contributed by atoms with E-state index < -0.39 is 5.97 Å². The summed E-state index contributed by atoms with van der Waals surface area (Å²) in [5.41, 5.74) is 0.516. The molecule has 0 fully saturated rings.